The highest BCUT2D eigenvalue weighted by atomic mass is 127. The molecule has 108 valence electrons. The molecular weight excluding hydrogens is 482 g/mol. The predicted molar refractivity (Wildman–Crippen MR) is 96.9 cm³/mol. The summed E-state index contributed by atoms with van der Waals surface area (Å²) < 4.78 is 2.79. The fraction of sp³-hybridized carbons (Fsp3) is 0.357. The number of H-pyrrole nitrogens is 1. The number of rotatable bonds is 4. The Hall–Kier alpha value is -0.350. The number of aliphatic carboxylic acids is 1. The quantitative estimate of drug-likeness (QED) is 0.503. The third-order valence-electron chi connectivity index (χ3n) is 3.46. The molecule has 0 amide bonds. The molecule has 2 N–H and O–H groups in total. The van der Waals surface area contributed by atoms with E-state index in [2.05, 4.69) is 62.3 Å². The van der Waals surface area contributed by atoms with Gasteiger partial charge in [0, 0.05) is 21.6 Å². The van der Waals surface area contributed by atoms with Crippen molar-refractivity contribution in [2.24, 2.45) is 0 Å². The molecule has 1 atom stereocenters. The molecule has 4 nitrogen and oxygen atoms in total. The first-order chi connectivity index (χ1) is 9.21. The van der Waals surface area contributed by atoms with Crippen molar-refractivity contribution >= 4 is 62.1 Å². The van der Waals surface area contributed by atoms with Crippen molar-refractivity contribution < 1.29 is 14.4 Å². The van der Waals surface area contributed by atoms with Crippen LogP contribution in [0.4, 0.5) is 0 Å². The molecule has 2 rings (SSSR count). The number of hydrogen-bond donors (Lipinski definition) is 2. The van der Waals surface area contributed by atoms with Gasteiger partial charge in [-0.25, -0.2) is 4.79 Å². The summed E-state index contributed by atoms with van der Waals surface area (Å²) in [5.41, 5.74) is 2.16. The van der Waals surface area contributed by atoms with E-state index < -0.39 is 12.0 Å². The smallest absolute Gasteiger partial charge is 0.362 e. The molecule has 0 fully saturated rings. The molecule has 1 heterocycles. The molecule has 0 saturated heterocycles. The van der Waals surface area contributed by atoms with E-state index in [1.54, 1.807) is 0 Å². The van der Waals surface area contributed by atoms with Crippen LogP contribution in [-0.2, 0) is 11.2 Å². The van der Waals surface area contributed by atoms with Crippen molar-refractivity contribution in [1.82, 2.24) is 4.98 Å². The second kappa shape index (κ2) is 5.80. The van der Waals surface area contributed by atoms with E-state index in [1.165, 1.54) is 7.14 Å². The third-order valence-corrected chi connectivity index (χ3v) is 6.52. The molecule has 0 spiro atoms. The van der Waals surface area contributed by atoms with E-state index in [0.29, 0.717) is 10.9 Å². The van der Waals surface area contributed by atoms with Gasteiger partial charge in [0.1, 0.15) is 0 Å². The van der Waals surface area contributed by atoms with Gasteiger partial charge in [-0.3, -0.25) is 0 Å². The monoisotopic (exact) mass is 499 g/mol. The van der Waals surface area contributed by atoms with Gasteiger partial charge in [0.2, 0.25) is 0 Å². The minimum Gasteiger partial charge on any atom is -0.477 e. The first-order valence-electron chi connectivity index (χ1n) is 6.19. The molecule has 0 radical (unpaired) electrons. The fourth-order valence-electron chi connectivity index (χ4n) is 2.27. The zero-order valence-electron chi connectivity index (χ0n) is 11.6. The minimum atomic E-state index is -0.757. The summed E-state index contributed by atoms with van der Waals surface area (Å²) in [5, 5.41) is 10.6. The van der Waals surface area contributed by atoms with Gasteiger partial charge in [-0.2, -0.15) is 0 Å². The van der Waals surface area contributed by atoms with E-state index in [4.69, 9.17) is 0 Å². The predicted octanol–water partition coefficient (Wildman–Crippen LogP) is 3.08. The molecule has 1 aromatic carbocycles. The van der Waals surface area contributed by atoms with Crippen molar-refractivity contribution in [3.05, 3.63) is 31.0 Å². The van der Waals surface area contributed by atoms with Gasteiger partial charge in [-0.15, -0.1) is 0 Å². The molecule has 0 unspecified atom stereocenters. The topological polar surface area (TPSA) is 53.1 Å². The standard InChI is InChI=1S/C14H16I2N2O2/c1-18(2,3)11(14(19)20)6-8-7-17-13-9(8)4-5-10(15)12(13)16/h4-5,7,11,17H,6H2,1-3H3/p+1/t11-/m0/s1. The number of halogens is 2. The van der Waals surface area contributed by atoms with Crippen LogP contribution in [0, 0.1) is 7.14 Å². The van der Waals surface area contributed by atoms with Gasteiger partial charge in [0.25, 0.3) is 0 Å². The highest BCUT2D eigenvalue weighted by molar-refractivity contribution is 14.1. The third kappa shape index (κ3) is 3.11. The lowest BCUT2D eigenvalue weighted by Crippen LogP contribution is -2.51. The zero-order valence-corrected chi connectivity index (χ0v) is 15.9. The molecule has 0 aliphatic heterocycles. The number of nitrogens with zero attached hydrogens (tertiary/aromatic N) is 1. The number of carboxylic acid groups (broad SMARTS) is 1. The first-order valence-corrected chi connectivity index (χ1v) is 8.35. The summed E-state index contributed by atoms with van der Waals surface area (Å²) in [6, 6.07) is 3.69. The molecular formula is C14H17I2N2O2+. The Morgan fingerprint density at radius 2 is 2.00 bits per heavy atom. The van der Waals surface area contributed by atoms with Crippen molar-refractivity contribution in [1.29, 1.82) is 0 Å². The SMILES string of the molecule is C[N+](C)(C)[C@@H](Cc1c[nH]c2c(I)c(I)ccc12)C(=O)O. The van der Waals surface area contributed by atoms with Crippen molar-refractivity contribution in [3.63, 3.8) is 0 Å². The highest BCUT2D eigenvalue weighted by Crippen LogP contribution is 2.28. The number of quaternary nitrogens is 1. The molecule has 0 aliphatic rings. The number of likely N-dealkylation sites (N-methyl/N-ethyl adjacent to an activating group) is 1. The van der Waals surface area contributed by atoms with Crippen molar-refractivity contribution in [2.45, 2.75) is 12.5 Å². The molecule has 6 heteroatoms. The maximum absolute atomic E-state index is 11.5. The number of benzene rings is 1. The van der Waals surface area contributed by atoms with Crippen LogP contribution >= 0.6 is 45.2 Å². The Bertz CT molecular complexity index is 659. The Morgan fingerprint density at radius 3 is 2.55 bits per heavy atom. The minimum absolute atomic E-state index is 0.406. The van der Waals surface area contributed by atoms with Gasteiger partial charge in [-0.1, -0.05) is 6.07 Å². The number of aromatic amines is 1. The maximum Gasteiger partial charge on any atom is 0.362 e. The van der Waals surface area contributed by atoms with Crippen LogP contribution in [0.5, 0.6) is 0 Å². The van der Waals surface area contributed by atoms with E-state index in [0.717, 1.165) is 16.5 Å². The summed E-state index contributed by atoms with van der Waals surface area (Å²) in [7, 11) is 5.75. The van der Waals surface area contributed by atoms with Crippen molar-refractivity contribution in [2.75, 3.05) is 21.1 Å². The normalized spacial score (nSPS) is 13.7. The van der Waals surface area contributed by atoms with Gasteiger partial charge in [-0.05, 0) is 56.8 Å². The van der Waals surface area contributed by atoms with E-state index >= 15 is 0 Å². The largest absolute Gasteiger partial charge is 0.477 e. The number of carbonyl (C=O) groups is 1. The van der Waals surface area contributed by atoms with Gasteiger partial charge >= 0.3 is 5.97 Å². The number of fused-ring (bicyclic) bond motifs is 1. The summed E-state index contributed by atoms with van der Waals surface area (Å²) in [6.07, 6.45) is 2.46. The Morgan fingerprint density at radius 1 is 1.35 bits per heavy atom. The lowest BCUT2D eigenvalue weighted by atomic mass is 10.0. The van der Waals surface area contributed by atoms with Gasteiger partial charge in [0.05, 0.1) is 30.2 Å². The average molecular weight is 499 g/mol. The molecule has 0 aliphatic carbocycles. The number of hydrogen-bond acceptors (Lipinski definition) is 1. The van der Waals surface area contributed by atoms with Crippen LogP contribution in [0.1, 0.15) is 5.56 Å². The van der Waals surface area contributed by atoms with E-state index in [-0.39, 0.29) is 0 Å². The van der Waals surface area contributed by atoms with Crippen LogP contribution in [0.15, 0.2) is 18.3 Å². The summed E-state index contributed by atoms with van der Waals surface area (Å²) >= 11 is 4.63. The Kier molecular flexibility index (Phi) is 4.65. The summed E-state index contributed by atoms with van der Waals surface area (Å²) in [4.78, 5) is 14.8. The summed E-state index contributed by atoms with van der Waals surface area (Å²) in [5.74, 6) is -0.757. The van der Waals surface area contributed by atoms with E-state index in [9.17, 15) is 9.90 Å². The second-order valence-electron chi connectivity index (χ2n) is 5.77. The average Bonchev–Trinajstić information content (AvgIpc) is 2.72. The van der Waals surface area contributed by atoms with Crippen LogP contribution in [0.3, 0.4) is 0 Å². The lowest BCUT2D eigenvalue weighted by molar-refractivity contribution is -0.887. The summed E-state index contributed by atoms with van der Waals surface area (Å²) in [6.45, 7) is 0. The zero-order chi connectivity index (χ0) is 15.1. The van der Waals surface area contributed by atoms with Crippen LogP contribution in [0.25, 0.3) is 10.9 Å². The molecule has 0 bridgehead atoms. The van der Waals surface area contributed by atoms with Crippen LogP contribution in [-0.4, -0.2) is 47.7 Å². The number of nitrogens with one attached hydrogen (secondary N) is 1. The van der Waals surface area contributed by atoms with Gasteiger partial charge in [0.15, 0.2) is 6.04 Å². The van der Waals surface area contributed by atoms with Crippen molar-refractivity contribution in [3.8, 4) is 0 Å². The second-order valence-corrected chi connectivity index (χ2v) is 8.01. The van der Waals surface area contributed by atoms with Gasteiger partial charge < -0.3 is 14.6 Å². The Labute approximate surface area is 145 Å². The molecule has 0 saturated carbocycles. The highest BCUT2D eigenvalue weighted by Gasteiger charge is 2.32. The van der Waals surface area contributed by atoms with E-state index in [1.807, 2.05) is 27.3 Å². The first kappa shape index (κ1) is 16.0. The Balaban J connectivity index is 2.44. The number of carboxylic acids is 1. The van der Waals surface area contributed by atoms with Crippen LogP contribution in [0.2, 0.25) is 0 Å². The van der Waals surface area contributed by atoms with Crippen LogP contribution < -0.4 is 0 Å². The number of aromatic nitrogens is 1. The molecule has 1 aromatic heterocycles. The maximum atomic E-state index is 11.5. The molecule has 20 heavy (non-hydrogen) atoms. The lowest BCUT2D eigenvalue weighted by Gasteiger charge is -2.31. The molecule has 2 aromatic rings. The fourth-order valence-corrected chi connectivity index (χ4v) is 3.34.